The molecule has 0 unspecified atom stereocenters. The largest absolute Gasteiger partial charge is 0.325 e. The van der Waals surface area contributed by atoms with Crippen molar-refractivity contribution in [3.05, 3.63) is 34.1 Å². The Kier molecular flexibility index (Phi) is 3.61. The van der Waals surface area contributed by atoms with Gasteiger partial charge in [-0.2, -0.15) is 9.65 Å². The highest BCUT2D eigenvalue weighted by Gasteiger charge is 2.27. The van der Waals surface area contributed by atoms with Crippen LogP contribution in [0, 0.1) is 32.7 Å². The maximum absolute atomic E-state index is 13.3. The second-order valence-electron chi connectivity index (χ2n) is 4.11. The van der Waals surface area contributed by atoms with Crippen molar-refractivity contribution in [3.8, 4) is 6.07 Å². The molecule has 0 spiro atoms. The summed E-state index contributed by atoms with van der Waals surface area (Å²) in [6, 6.07) is 4.78. The first-order valence-corrected chi connectivity index (χ1v) is 4.94. The molecule has 0 atom stereocenters. The summed E-state index contributed by atoms with van der Waals surface area (Å²) >= 11 is 0. The third kappa shape index (κ3) is 2.79. The summed E-state index contributed by atoms with van der Waals surface area (Å²) in [7, 11) is 0. The maximum atomic E-state index is 13.3. The molecule has 94 valence electrons. The van der Waals surface area contributed by atoms with E-state index in [1.807, 2.05) is 0 Å². The monoisotopic (exact) mass is 251 g/mol. The highest BCUT2D eigenvalue weighted by Crippen LogP contribution is 2.22. The topological polar surface area (TPSA) is 96.0 Å². The molecule has 1 amide bonds. The lowest BCUT2D eigenvalue weighted by Gasteiger charge is -2.14. The van der Waals surface area contributed by atoms with E-state index in [0.29, 0.717) is 0 Å². The van der Waals surface area contributed by atoms with E-state index in [9.17, 15) is 19.3 Å². The molecule has 0 aromatic heterocycles. The van der Waals surface area contributed by atoms with Gasteiger partial charge in [0.1, 0.15) is 5.41 Å². The highest BCUT2D eigenvalue weighted by atomic mass is 19.1. The number of amides is 1. The molecule has 7 heteroatoms. The van der Waals surface area contributed by atoms with E-state index in [2.05, 4.69) is 5.32 Å². The maximum Gasteiger partial charge on any atom is 0.304 e. The first-order chi connectivity index (χ1) is 8.27. The lowest BCUT2D eigenvalue weighted by molar-refractivity contribution is -0.387. The normalized spacial score (nSPS) is 10.6. The lowest BCUT2D eigenvalue weighted by Crippen LogP contribution is -2.29. The smallest absolute Gasteiger partial charge is 0.304 e. The first-order valence-electron chi connectivity index (χ1n) is 4.94. The van der Waals surface area contributed by atoms with Crippen LogP contribution in [-0.2, 0) is 4.79 Å². The molecule has 0 aliphatic heterocycles. The molecule has 0 fully saturated rings. The Balaban J connectivity index is 2.95. The number of hydrogen-bond donors (Lipinski definition) is 1. The van der Waals surface area contributed by atoms with Crippen LogP contribution in [-0.4, -0.2) is 10.8 Å². The summed E-state index contributed by atoms with van der Waals surface area (Å²) in [5.74, 6) is -1.66. The lowest BCUT2D eigenvalue weighted by atomic mass is 9.94. The number of benzene rings is 1. The van der Waals surface area contributed by atoms with Crippen molar-refractivity contribution in [2.24, 2.45) is 5.41 Å². The van der Waals surface area contributed by atoms with Crippen molar-refractivity contribution in [2.45, 2.75) is 13.8 Å². The predicted octanol–water partition coefficient (Wildman–Crippen LogP) is 2.22. The number of nitrogens with one attached hydrogen (secondary N) is 1. The minimum absolute atomic E-state index is 0.0615. The quantitative estimate of drug-likeness (QED) is 0.658. The standard InChI is InChI=1S/C11H10FN3O3/c1-11(2,6-13)10(16)14-7-3-4-9(15(17)18)8(12)5-7/h3-5H,1-2H3,(H,14,16). The summed E-state index contributed by atoms with van der Waals surface area (Å²) < 4.78 is 13.3. The third-order valence-electron chi connectivity index (χ3n) is 2.25. The number of halogens is 1. The average Bonchev–Trinajstić information content (AvgIpc) is 2.28. The molecule has 0 saturated heterocycles. The van der Waals surface area contributed by atoms with E-state index in [4.69, 9.17) is 5.26 Å². The van der Waals surface area contributed by atoms with Gasteiger partial charge in [0, 0.05) is 17.8 Å². The van der Waals surface area contributed by atoms with Gasteiger partial charge < -0.3 is 5.32 Å². The van der Waals surface area contributed by atoms with Crippen molar-refractivity contribution >= 4 is 17.3 Å². The summed E-state index contributed by atoms with van der Waals surface area (Å²) in [4.78, 5) is 21.1. The number of nitro benzene ring substituents is 1. The number of anilines is 1. The fraction of sp³-hybridized carbons (Fsp3) is 0.273. The minimum Gasteiger partial charge on any atom is -0.325 e. The molecule has 6 nitrogen and oxygen atoms in total. The number of nitrogens with zero attached hydrogens (tertiary/aromatic N) is 2. The van der Waals surface area contributed by atoms with E-state index in [1.54, 1.807) is 6.07 Å². The molecule has 1 aromatic rings. The number of carbonyl (C=O) groups excluding carboxylic acids is 1. The van der Waals surface area contributed by atoms with Crippen LogP contribution in [0.2, 0.25) is 0 Å². The zero-order valence-electron chi connectivity index (χ0n) is 9.73. The van der Waals surface area contributed by atoms with Crippen LogP contribution >= 0.6 is 0 Å². The first kappa shape index (κ1) is 13.6. The van der Waals surface area contributed by atoms with Gasteiger partial charge >= 0.3 is 5.69 Å². The van der Waals surface area contributed by atoms with Gasteiger partial charge in [-0.25, -0.2) is 0 Å². The Morgan fingerprint density at radius 1 is 1.56 bits per heavy atom. The fourth-order valence-corrected chi connectivity index (χ4v) is 1.07. The zero-order valence-corrected chi connectivity index (χ0v) is 9.73. The Hall–Kier alpha value is -2.49. The summed E-state index contributed by atoms with van der Waals surface area (Å²) in [6.07, 6.45) is 0. The van der Waals surface area contributed by atoms with Gasteiger partial charge in [0.15, 0.2) is 0 Å². The van der Waals surface area contributed by atoms with E-state index >= 15 is 0 Å². The summed E-state index contributed by atoms with van der Waals surface area (Å²) in [5, 5.41) is 21.5. The molecule has 1 aromatic carbocycles. The number of nitriles is 1. The van der Waals surface area contributed by atoms with Crippen LogP contribution < -0.4 is 5.32 Å². The van der Waals surface area contributed by atoms with Crippen molar-refractivity contribution in [1.82, 2.24) is 0 Å². The summed E-state index contributed by atoms with van der Waals surface area (Å²) in [5.41, 5.74) is -1.88. The van der Waals surface area contributed by atoms with Crippen molar-refractivity contribution in [2.75, 3.05) is 5.32 Å². The Morgan fingerprint density at radius 3 is 2.61 bits per heavy atom. The molecular weight excluding hydrogens is 241 g/mol. The molecule has 1 N–H and O–H groups in total. The van der Waals surface area contributed by atoms with E-state index in [-0.39, 0.29) is 5.69 Å². The van der Waals surface area contributed by atoms with E-state index in [0.717, 1.165) is 12.1 Å². The summed E-state index contributed by atoms with van der Waals surface area (Å²) in [6.45, 7) is 2.81. The van der Waals surface area contributed by atoms with Crippen LogP contribution in [0.3, 0.4) is 0 Å². The number of carbonyl (C=O) groups is 1. The van der Waals surface area contributed by atoms with Gasteiger partial charge in [-0.1, -0.05) is 0 Å². The number of hydrogen-bond acceptors (Lipinski definition) is 4. The SMILES string of the molecule is CC(C)(C#N)C(=O)Nc1ccc([N+](=O)[O-])c(F)c1. The van der Waals surface area contributed by atoms with E-state index < -0.39 is 27.8 Å². The third-order valence-corrected chi connectivity index (χ3v) is 2.25. The molecular formula is C11H10FN3O3. The molecule has 1 rings (SSSR count). The molecule has 0 bridgehead atoms. The molecule has 0 heterocycles. The zero-order chi connectivity index (χ0) is 13.9. The van der Waals surface area contributed by atoms with Gasteiger partial charge in [-0.15, -0.1) is 0 Å². The van der Waals surface area contributed by atoms with Gasteiger partial charge in [0.05, 0.1) is 11.0 Å². The van der Waals surface area contributed by atoms with Gasteiger partial charge in [-0.05, 0) is 19.9 Å². The molecule has 0 aliphatic carbocycles. The Labute approximate surface area is 102 Å². The van der Waals surface area contributed by atoms with Crippen molar-refractivity contribution in [3.63, 3.8) is 0 Å². The fourth-order valence-electron chi connectivity index (χ4n) is 1.07. The van der Waals surface area contributed by atoms with Crippen LogP contribution in [0.15, 0.2) is 18.2 Å². The second kappa shape index (κ2) is 4.79. The highest BCUT2D eigenvalue weighted by molar-refractivity contribution is 5.96. The van der Waals surface area contributed by atoms with Crippen molar-refractivity contribution in [1.29, 1.82) is 5.26 Å². The molecule has 18 heavy (non-hydrogen) atoms. The average molecular weight is 251 g/mol. The van der Waals surface area contributed by atoms with Gasteiger partial charge in [-0.3, -0.25) is 14.9 Å². The predicted molar refractivity (Wildman–Crippen MR) is 61.1 cm³/mol. The van der Waals surface area contributed by atoms with Gasteiger partial charge in [0.2, 0.25) is 11.7 Å². The van der Waals surface area contributed by atoms with Crippen molar-refractivity contribution < 1.29 is 14.1 Å². The van der Waals surface area contributed by atoms with Crippen LogP contribution in [0.1, 0.15) is 13.8 Å². The Bertz CT molecular complexity index is 549. The minimum atomic E-state index is -1.27. The molecule has 0 saturated carbocycles. The molecule has 0 radical (unpaired) electrons. The second-order valence-corrected chi connectivity index (χ2v) is 4.11. The van der Waals surface area contributed by atoms with Crippen LogP contribution in [0.5, 0.6) is 0 Å². The van der Waals surface area contributed by atoms with E-state index in [1.165, 1.54) is 19.9 Å². The van der Waals surface area contributed by atoms with Crippen LogP contribution in [0.4, 0.5) is 15.8 Å². The molecule has 0 aliphatic rings. The van der Waals surface area contributed by atoms with Gasteiger partial charge in [0.25, 0.3) is 0 Å². The number of nitro groups is 1. The number of rotatable bonds is 3. The Morgan fingerprint density at radius 2 is 2.17 bits per heavy atom. The van der Waals surface area contributed by atoms with Crippen LogP contribution in [0.25, 0.3) is 0 Å².